The van der Waals surface area contributed by atoms with E-state index in [0.717, 1.165) is 27.8 Å². The van der Waals surface area contributed by atoms with Crippen LogP contribution in [0, 0.1) is 5.82 Å². The van der Waals surface area contributed by atoms with Crippen LogP contribution in [-0.2, 0) is 16.8 Å². The Hall–Kier alpha value is -2.74. The number of nitrogens with zero attached hydrogens (tertiary/aromatic N) is 1. The summed E-state index contributed by atoms with van der Waals surface area (Å²) in [7, 11) is 0. The van der Waals surface area contributed by atoms with E-state index in [-0.39, 0.29) is 11.7 Å². The Labute approximate surface area is 175 Å². The summed E-state index contributed by atoms with van der Waals surface area (Å²) in [6.45, 7) is 0. The summed E-state index contributed by atoms with van der Waals surface area (Å²) >= 11 is 3.42. The van der Waals surface area contributed by atoms with Crippen LogP contribution in [0.4, 0.5) is 4.39 Å². The third-order valence-electron chi connectivity index (χ3n) is 4.69. The van der Waals surface area contributed by atoms with Crippen molar-refractivity contribution in [1.82, 2.24) is 4.98 Å². The third kappa shape index (κ3) is 4.03. The molecule has 2 aromatic carbocycles. The highest BCUT2D eigenvalue weighted by Gasteiger charge is 2.30. The number of allylic oxidation sites excluding steroid dienone is 1. The van der Waals surface area contributed by atoms with E-state index in [1.807, 2.05) is 24.3 Å². The van der Waals surface area contributed by atoms with Crippen molar-refractivity contribution >= 4 is 40.0 Å². The fourth-order valence-electron chi connectivity index (χ4n) is 3.40. The van der Waals surface area contributed by atoms with Gasteiger partial charge in [0.1, 0.15) is 17.3 Å². The number of rotatable bonds is 5. The summed E-state index contributed by atoms with van der Waals surface area (Å²) in [5.41, 5.74) is 3.96. The number of halogens is 1. The number of fused-ring (bicyclic) bond motifs is 1. The molecule has 1 aliphatic heterocycles. The maximum Gasteiger partial charge on any atom is 0.157 e. The Kier molecular flexibility index (Phi) is 5.62. The average molecular weight is 426 g/mol. The smallest absolute Gasteiger partial charge is 0.157 e. The lowest BCUT2D eigenvalue weighted by atomic mass is 9.84. The average Bonchev–Trinajstić information content (AvgIpc) is 2.73. The van der Waals surface area contributed by atoms with E-state index >= 15 is 0 Å². The molecule has 0 fully saturated rings. The van der Waals surface area contributed by atoms with E-state index in [4.69, 9.17) is 21.5 Å². The lowest BCUT2D eigenvalue weighted by Crippen LogP contribution is -2.15. The van der Waals surface area contributed by atoms with E-state index in [1.54, 1.807) is 36.0 Å². The fraction of sp³-hybridized carbons (Fsp3) is 0.0909. The van der Waals surface area contributed by atoms with Crippen molar-refractivity contribution < 1.29 is 17.9 Å². The number of ether oxygens (including phenoxy) is 1. The van der Waals surface area contributed by atoms with Gasteiger partial charge in [0, 0.05) is 46.6 Å². The highest BCUT2D eigenvalue weighted by Crippen LogP contribution is 2.46. The molecule has 29 heavy (non-hydrogen) atoms. The second-order valence-corrected chi connectivity index (χ2v) is 7.75. The van der Waals surface area contributed by atoms with Gasteiger partial charge in [-0.3, -0.25) is 4.98 Å². The van der Waals surface area contributed by atoms with Crippen LogP contribution in [0.15, 0.2) is 67.0 Å². The number of benzene rings is 2. The minimum absolute atomic E-state index is 0.0479. The lowest BCUT2D eigenvalue weighted by Gasteiger charge is -2.29. The minimum atomic E-state index is -1.92. The topological polar surface area (TPSA) is 59.4 Å². The summed E-state index contributed by atoms with van der Waals surface area (Å²) in [6.07, 6.45) is 3.43. The zero-order valence-electron chi connectivity index (χ0n) is 15.1. The number of pyridine rings is 1. The summed E-state index contributed by atoms with van der Waals surface area (Å²) in [6, 6.07) is 15.4. The van der Waals surface area contributed by atoms with Crippen LogP contribution in [0.3, 0.4) is 0 Å². The Morgan fingerprint density at radius 1 is 1.17 bits per heavy atom. The van der Waals surface area contributed by atoms with Gasteiger partial charge < -0.3 is 9.29 Å². The molecule has 1 aliphatic rings. The monoisotopic (exact) mass is 425 g/mol. The van der Waals surface area contributed by atoms with Crippen molar-refractivity contribution in [3.05, 3.63) is 95.1 Å². The molecule has 4 rings (SSSR count). The number of aromatic nitrogens is 1. The molecule has 3 aromatic rings. The summed E-state index contributed by atoms with van der Waals surface area (Å²) < 4.78 is 40.2. The van der Waals surface area contributed by atoms with E-state index in [9.17, 15) is 8.60 Å². The quantitative estimate of drug-likeness (QED) is 0.461. The van der Waals surface area contributed by atoms with Gasteiger partial charge >= 0.3 is 0 Å². The molecule has 2 unspecified atom stereocenters. The third-order valence-corrected chi connectivity index (χ3v) is 5.55. The largest absolute Gasteiger partial charge is 0.456 e. The zero-order valence-corrected chi connectivity index (χ0v) is 16.8. The molecule has 0 saturated carbocycles. The zero-order chi connectivity index (χ0) is 20.4. The molecule has 0 aliphatic carbocycles. The molecule has 2 atom stereocenters. The first kappa shape index (κ1) is 19.6. The molecule has 7 heteroatoms. The van der Waals surface area contributed by atoms with Gasteiger partial charge in [-0.25, -0.2) is 8.60 Å². The first-order chi connectivity index (χ1) is 14.1. The van der Waals surface area contributed by atoms with Crippen LogP contribution < -0.4 is 4.74 Å². The Morgan fingerprint density at radius 3 is 2.62 bits per heavy atom. The molecule has 146 valence electrons. The predicted molar refractivity (Wildman–Crippen MR) is 115 cm³/mol. The molecule has 1 N–H and O–H groups in total. The minimum Gasteiger partial charge on any atom is -0.456 e. The van der Waals surface area contributed by atoms with Crippen molar-refractivity contribution in [2.45, 2.75) is 11.7 Å². The first-order valence-electron chi connectivity index (χ1n) is 8.80. The SMILES string of the molecule is O=S(O)Cc1ccc(C2=C(c3cccnc3)C(C=S)c3ccc(F)cc3O2)cc1. The summed E-state index contributed by atoms with van der Waals surface area (Å²) in [5.74, 6) is 0.347. The predicted octanol–water partition coefficient (Wildman–Crippen LogP) is 4.99. The fourth-order valence-corrected chi connectivity index (χ4v) is 4.16. The maximum atomic E-state index is 13.9. The Morgan fingerprint density at radius 2 is 1.97 bits per heavy atom. The van der Waals surface area contributed by atoms with E-state index in [2.05, 4.69) is 4.98 Å². The van der Waals surface area contributed by atoms with Crippen LogP contribution in [0.25, 0.3) is 11.3 Å². The van der Waals surface area contributed by atoms with Crippen molar-refractivity contribution in [2.24, 2.45) is 0 Å². The molecular formula is C22H16FNO3S2. The van der Waals surface area contributed by atoms with Crippen molar-refractivity contribution in [3.8, 4) is 5.75 Å². The van der Waals surface area contributed by atoms with Gasteiger partial charge in [-0.2, -0.15) is 0 Å². The molecule has 0 bridgehead atoms. The van der Waals surface area contributed by atoms with Crippen LogP contribution >= 0.6 is 12.2 Å². The molecule has 4 nitrogen and oxygen atoms in total. The van der Waals surface area contributed by atoms with Gasteiger partial charge in [0.25, 0.3) is 0 Å². The van der Waals surface area contributed by atoms with E-state index in [0.29, 0.717) is 11.5 Å². The highest BCUT2D eigenvalue weighted by molar-refractivity contribution is 7.79. The van der Waals surface area contributed by atoms with Gasteiger partial charge in [-0.15, -0.1) is 0 Å². The molecule has 0 radical (unpaired) electrons. The van der Waals surface area contributed by atoms with Crippen LogP contribution in [-0.4, -0.2) is 19.1 Å². The van der Waals surface area contributed by atoms with Crippen LogP contribution in [0.1, 0.15) is 28.2 Å². The maximum absolute atomic E-state index is 13.9. The van der Waals surface area contributed by atoms with E-state index < -0.39 is 16.9 Å². The second kappa shape index (κ2) is 8.32. The van der Waals surface area contributed by atoms with Gasteiger partial charge in [0.15, 0.2) is 11.1 Å². The Balaban J connectivity index is 1.89. The number of thiocarbonyl (C=S) groups is 1. The van der Waals surface area contributed by atoms with Gasteiger partial charge in [0.05, 0.1) is 5.75 Å². The number of hydrogen-bond donors (Lipinski definition) is 1. The molecule has 0 saturated heterocycles. The number of hydrogen-bond acceptors (Lipinski definition) is 4. The first-order valence-corrected chi connectivity index (χ1v) is 10.6. The van der Waals surface area contributed by atoms with Gasteiger partial charge in [-0.05, 0) is 23.1 Å². The molecule has 0 amide bonds. The van der Waals surface area contributed by atoms with E-state index in [1.165, 1.54) is 12.1 Å². The summed E-state index contributed by atoms with van der Waals surface area (Å²) in [4.78, 5) is 4.21. The molecule has 2 heterocycles. The van der Waals surface area contributed by atoms with Crippen LogP contribution in [0.2, 0.25) is 0 Å². The normalized spacial score (nSPS) is 16.7. The standard InChI is InChI=1S/C22H16FNO3S2/c23-17-7-8-18-19(12-28)21(16-2-1-9-24-11-16)22(27-20(18)10-17)15-5-3-14(4-6-15)13-29(25)26/h1-12,19H,13H2,(H,25,26). The second-order valence-electron chi connectivity index (χ2n) is 6.55. The molecule has 1 aromatic heterocycles. The van der Waals surface area contributed by atoms with Gasteiger partial charge in [0.2, 0.25) is 0 Å². The molecule has 0 spiro atoms. The van der Waals surface area contributed by atoms with Crippen molar-refractivity contribution in [3.63, 3.8) is 0 Å². The Bertz CT molecular complexity index is 1110. The van der Waals surface area contributed by atoms with Crippen LogP contribution in [0.5, 0.6) is 5.75 Å². The van der Waals surface area contributed by atoms with Crippen molar-refractivity contribution in [1.29, 1.82) is 0 Å². The summed E-state index contributed by atoms with van der Waals surface area (Å²) in [5, 5.41) is 1.64. The van der Waals surface area contributed by atoms with Gasteiger partial charge in [-0.1, -0.05) is 48.6 Å². The molecular weight excluding hydrogens is 409 g/mol. The highest BCUT2D eigenvalue weighted by atomic mass is 32.2. The lowest BCUT2D eigenvalue weighted by molar-refractivity contribution is 0.492. The van der Waals surface area contributed by atoms with Crippen molar-refractivity contribution in [2.75, 3.05) is 0 Å².